The van der Waals surface area contributed by atoms with Gasteiger partial charge in [-0.15, -0.1) is 11.3 Å². The summed E-state index contributed by atoms with van der Waals surface area (Å²) in [4.78, 5) is 7.79. The van der Waals surface area contributed by atoms with Gasteiger partial charge in [0.1, 0.15) is 0 Å². The Morgan fingerprint density at radius 1 is 1.27 bits per heavy atom. The highest BCUT2D eigenvalue weighted by atomic mass is 32.1. The number of thiophene rings is 1. The summed E-state index contributed by atoms with van der Waals surface area (Å²) in [6.07, 6.45) is 2.16. The van der Waals surface area contributed by atoms with Gasteiger partial charge in [0.2, 0.25) is 11.7 Å². The van der Waals surface area contributed by atoms with Crippen molar-refractivity contribution in [3.63, 3.8) is 0 Å². The predicted octanol–water partition coefficient (Wildman–Crippen LogP) is 4.23. The summed E-state index contributed by atoms with van der Waals surface area (Å²) in [7, 11) is 0. The first-order chi connectivity index (χ1) is 12.8. The highest BCUT2D eigenvalue weighted by molar-refractivity contribution is 7.13. The fourth-order valence-corrected chi connectivity index (χ4v) is 3.87. The highest BCUT2D eigenvalue weighted by Gasteiger charge is 2.23. The third-order valence-electron chi connectivity index (χ3n) is 4.48. The lowest BCUT2D eigenvalue weighted by Gasteiger charge is -2.31. The quantitative estimate of drug-likeness (QED) is 0.647. The zero-order valence-electron chi connectivity index (χ0n) is 14.3. The van der Waals surface area contributed by atoms with E-state index >= 15 is 0 Å². The van der Waals surface area contributed by atoms with Gasteiger partial charge in [-0.1, -0.05) is 23.4 Å². The summed E-state index contributed by atoms with van der Waals surface area (Å²) in [6.45, 7) is 3.02. The summed E-state index contributed by atoms with van der Waals surface area (Å²) >= 11 is 1.60. The van der Waals surface area contributed by atoms with Crippen LogP contribution < -0.4 is 4.74 Å². The van der Waals surface area contributed by atoms with Gasteiger partial charge < -0.3 is 9.26 Å². The average Bonchev–Trinajstić information content (AvgIpc) is 3.33. The topological polar surface area (TPSA) is 51.4 Å². The number of halogens is 1. The average molecular weight is 373 g/mol. The molecule has 7 heteroatoms. The Balaban J connectivity index is 1.32. The van der Waals surface area contributed by atoms with Crippen molar-refractivity contribution >= 4 is 11.3 Å². The summed E-state index contributed by atoms with van der Waals surface area (Å²) in [5, 5.41) is 6.06. The second-order valence-electron chi connectivity index (χ2n) is 6.47. The minimum Gasteiger partial charge on any atom is -0.490 e. The zero-order chi connectivity index (χ0) is 17.8. The molecule has 3 aromatic rings. The number of ether oxygens (including phenoxy) is 1. The van der Waals surface area contributed by atoms with E-state index < -0.39 is 0 Å². The number of nitrogens with zero attached hydrogens (tertiary/aromatic N) is 3. The molecular weight excluding hydrogens is 353 g/mol. The molecule has 0 bridgehead atoms. The van der Waals surface area contributed by atoms with Gasteiger partial charge in [0.25, 0.3) is 0 Å². The maximum absolute atomic E-state index is 13.7. The normalized spacial score (nSPS) is 18.1. The molecule has 0 amide bonds. The van der Waals surface area contributed by atoms with Gasteiger partial charge in [-0.05, 0) is 43.0 Å². The van der Waals surface area contributed by atoms with Gasteiger partial charge >= 0.3 is 0 Å². The summed E-state index contributed by atoms with van der Waals surface area (Å²) in [5.74, 6) is 1.65. The van der Waals surface area contributed by atoms with Crippen LogP contribution >= 0.6 is 11.3 Å². The SMILES string of the molecule is Fc1ccccc1OC[C@H]1CCCN(Cc2nc(-c3cccs3)no2)C1. The fourth-order valence-electron chi connectivity index (χ4n) is 3.22. The van der Waals surface area contributed by atoms with E-state index in [1.807, 2.05) is 17.5 Å². The molecule has 0 aliphatic carbocycles. The number of hydrogen-bond donors (Lipinski definition) is 0. The highest BCUT2D eigenvalue weighted by Crippen LogP contribution is 2.24. The van der Waals surface area contributed by atoms with E-state index in [0.717, 1.165) is 30.8 Å². The van der Waals surface area contributed by atoms with E-state index in [2.05, 4.69) is 15.0 Å². The van der Waals surface area contributed by atoms with E-state index in [1.54, 1.807) is 29.5 Å². The van der Waals surface area contributed by atoms with Crippen LogP contribution in [-0.4, -0.2) is 34.7 Å². The van der Waals surface area contributed by atoms with Crippen LogP contribution in [0.3, 0.4) is 0 Å². The molecule has 26 heavy (non-hydrogen) atoms. The Bertz CT molecular complexity index is 837. The first kappa shape index (κ1) is 17.2. The zero-order valence-corrected chi connectivity index (χ0v) is 15.1. The molecule has 4 rings (SSSR count). The minimum absolute atomic E-state index is 0.313. The number of para-hydroxylation sites is 1. The van der Waals surface area contributed by atoms with Crippen LogP contribution in [0.25, 0.3) is 10.7 Å². The predicted molar refractivity (Wildman–Crippen MR) is 97.5 cm³/mol. The Morgan fingerprint density at radius 3 is 3.04 bits per heavy atom. The lowest BCUT2D eigenvalue weighted by atomic mass is 9.99. The molecule has 0 unspecified atom stereocenters. The van der Waals surface area contributed by atoms with Crippen LogP contribution in [0.2, 0.25) is 0 Å². The Morgan fingerprint density at radius 2 is 2.19 bits per heavy atom. The maximum atomic E-state index is 13.7. The lowest BCUT2D eigenvalue weighted by Crippen LogP contribution is -2.37. The van der Waals surface area contributed by atoms with E-state index in [0.29, 0.717) is 36.5 Å². The largest absolute Gasteiger partial charge is 0.490 e. The molecule has 1 saturated heterocycles. The third-order valence-corrected chi connectivity index (χ3v) is 5.35. The molecule has 5 nitrogen and oxygen atoms in total. The van der Waals surface area contributed by atoms with Crippen LogP contribution in [0.1, 0.15) is 18.7 Å². The first-order valence-electron chi connectivity index (χ1n) is 8.74. The molecule has 3 heterocycles. The molecule has 0 saturated carbocycles. The van der Waals surface area contributed by atoms with Crippen molar-refractivity contribution in [2.75, 3.05) is 19.7 Å². The standard InChI is InChI=1S/C19H20FN3O2S/c20-15-6-1-2-7-16(15)24-13-14-5-3-9-23(11-14)12-18-21-19(22-25-18)17-8-4-10-26-17/h1-2,4,6-8,10,14H,3,5,9,11-13H2/t14-/m0/s1. The van der Waals surface area contributed by atoms with Gasteiger partial charge in [0, 0.05) is 12.5 Å². The van der Waals surface area contributed by atoms with Crippen LogP contribution in [-0.2, 0) is 6.54 Å². The minimum atomic E-state index is -0.313. The lowest BCUT2D eigenvalue weighted by molar-refractivity contribution is 0.113. The number of piperidine rings is 1. The van der Waals surface area contributed by atoms with Crippen molar-refractivity contribution in [2.45, 2.75) is 19.4 Å². The maximum Gasteiger partial charge on any atom is 0.241 e. The number of hydrogen-bond acceptors (Lipinski definition) is 6. The van der Waals surface area contributed by atoms with E-state index in [-0.39, 0.29) is 5.82 Å². The molecule has 1 aliphatic rings. The summed E-state index contributed by atoms with van der Waals surface area (Å²) < 4.78 is 24.7. The number of likely N-dealkylation sites (tertiary alicyclic amines) is 1. The Labute approximate surface area is 155 Å². The van der Waals surface area contributed by atoms with Crippen molar-refractivity contribution in [2.24, 2.45) is 5.92 Å². The van der Waals surface area contributed by atoms with Crippen LogP contribution in [0, 0.1) is 11.7 Å². The van der Waals surface area contributed by atoms with Crippen molar-refractivity contribution in [1.29, 1.82) is 0 Å². The second kappa shape index (κ2) is 7.97. The van der Waals surface area contributed by atoms with E-state index in [9.17, 15) is 4.39 Å². The van der Waals surface area contributed by atoms with Gasteiger partial charge in [0.05, 0.1) is 18.0 Å². The van der Waals surface area contributed by atoms with Crippen molar-refractivity contribution in [3.8, 4) is 16.5 Å². The van der Waals surface area contributed by atoms with Crippen molar-refractivity contribution in [1.82, 2.24) is 15.0 Å². The van der Waals surface area contributed by atoms with Crippen molar-refractivity contribution in [3.05, 3.63) is 53.5 Å². The Kier molecular flexibility index (Phi) is 5.26. The molecule has 2 aromatic heterocycles. The third kappa shape index (κ3) is 4.11. The number of benzene rings is 1. The molecule has 136 valence electrons. The number of rotatable bonds is 6. The second-order valence-corrected chi connectivity index (χ2v) is 7.42. The van der Waals surface area contributed by atoms with Crippen LogP contribution in [0.4, 0.5) is 4.39 Å². The number of aromatic nitrogens is 2. The Hall–Kier alpha value is -2.25. The smallest absolute Gasteiger partial charge is 0.241 e. The van der Waals surface area contributed by atoms with E-state index in [4.69, 9.17) is 9.26 Å². The first-order valence-corrected chi connectivity index (χ1v) is 9.62. The molecule has 0 spiro atoms. The van der Waals surface area contributed by atoms with Gasteiger partial charge in [-0.3, -0.25) is 4.90 Å². The van der Waals surface area contributed by atoms with Crippen molar-refractivity contribution < 1.29 is 13.7 Å². The summed E-state index contributed by atoms with van der Waals surface area (Å²) in [5.41, 5.74) is 0. The fraction of sp³-hybridized carbons (Fsp3) is 0.368. The van der Waals surface area contributed by atoms with Gasteiger partial charge in [0.15, 0.2) is 11.6 Å². The van der Waals surface area contributed by atoms with Crippen LogP contribution in [0.15, 0.2) is 46.3 Å². The molecule has 1 aromatic carbocycles. The van der Waals surface area contributed by atoms with Crippen LogP contribution in [0.5, 0.6) is 5.75 Å². The molecule has 1 fully saturated rings. The molecule has 1 atom stereocenters. The molecule has 0 radical (unpaired) electrons. The van der Waals surface area contributed by atoms with Gasteiger partial charge in [-0.25, -0.2) is 4.39 Å². The summed E-state index contributed by atoms with van der Waals surface area (Å²) in [6, 6.07) is 10.5. The molecule has 1 aliphatic heterocycles. The molecule has 0 N–H and O–H groups in total. The molecular formula is C19H20FN3O2S. The van der Waals surface area contributed by atoms with Gasteiger partial charge in [-0.2, -0.15) is 4.98 Å². The monoisotopic (exact) mass is 373 g/mol. The van der Waals surface area contributed by atoms with E-state index in [1.165, 1.54) is 6.07 Å².